The predicted molar refractivity (Wildman–Crippen MR) is 98.8 cm³/mol. The van der Waals surface area contributed by atoms with Crippen molar-refractivity contribution < 1.29 is 8.78 Å². The summed E-state index contributed by atoms with van der Waals surface area (Å²) in [5.41, 5.74) is 5.68. The summed E-state index contributed by atoms with van der Waals surface area (Å²) in [5, 5.41) is 0.459. The van der Waals surface area contributed by atoms with Crippen LogP contribution in [0, 0.1) is 17.6 Å². The van der Waals surface area contributed by atoms with E-state index >= 15 is 0 Å². The van der Waals surface area contributed by atoms with Crippen molar-refractivity contribution >= 4 is 22.5 Å². The number of aromatic nitrogens is 2. The number of nitrogens with two attached hydrogens (primary N) is 1. The largest absolute Gasteiger partial charge is 0.330 e. The van der Waals surface area contributed by atoms with Gasteiger partial charge >= 0.3 is 0 Å². The van der Waals surface area contributed by atoms with Crippen LogP contribution < -0.4 is 11.3 Å². The number of nitrogens with zero attached hydrogens (tertiary/aromatic N) is 2. The summed E-state index contributed by atoms with van der Waals surface area (Å²) in [6.07, 6.45) is 1.17. The Morgan fingerprint density at radius 2 is 1.92 bits per heavy atom. The SMILES string of the molecule is CC(CCN)Cc1nc2cccc(Cl)c2c(=O)n1-c1cc(F)cc(F)c1. The summed E-state index contributed by atoms with van der Waals surface area (Å²) in [6, 6.07) is 7.94. The molecule has 0 bridgehead atoms. The molecule has 3 rings (SSSR count). The monoisotopic (exact) mass is 377 g/mol. The van der Waals surface area contributed by atoms with Crippen LogP contribution in [0.15, 0.2) is 41.2 Å². The molecule has 7 heteroatoms. The number of rotatable bonds is 5. The van der Waals surface area contributed by atoms with E-state index < -0.39 is 17.2 Å². The van der Waals surface area contributed by atoms with Crippen molar-refractivity contribution in [3.8, 4) is 5.69 Å². The standard InChI is InChI=1S/C19H18ClF2N3O/c1-11(5-6-23)7-17-24-16-4-2-3-15(20)18(16)19(26)25(17)14-9-12(21)8-13(22)10-14/h2-4,8-11H,5-7,23H2,1H3. The quantitative estimate of drug-likeness (QED) is 0.734. The second kappa shape index (κ2) is 7.51. The van der Waals surface area contributed by atoms with E-state index in [2.05, 4.69) is 4.98 Å². The fourth-order valence-corrected chi connectivity index (χ4v) is 3.26. The van der Waals surface area contributed by atoms with Gasteiger partial charge in [0.2, 0.25) is 0 Å². The zero-order valence-corrected chi connectivity index (χ0v) is 14.9. The minimum atomic E-state index is -0.771. The van der Waals surface area contributed by atoms with E-state index in [0.717, 1.165) is 24.6 Å². The molecule has 0 aliphatic rings. The zero-order valence-electron chi connectivity index (χ0n) is 14.2. The highest BCUT2D eigenvalue weighted by atomic mass is 35.5. The van der Waals surface area contributed by atoms with Gasteiger partial charge in [0, 0.05) is 12.5 Å². The maximum atomic E-state index is 13.7. The molecule has 0 aliphatic heterocycles. The number of benzene rings is 2. The summed E-state index contributed by atoms with van der Waals surface area (Å²) >= 11 is 6.17. The number of hydrogen-bond donors (Lipinski definition) is 1. The predicted octanol–water partition coefficient (Wildman–Crippen LogP) is 3.84. The first-order valence-corrected chi connectivity index (χ1v) is 8.65. The average Bonchev–Trinajstić information content (AvgIpc) is 2.54. The summed E-state index contributed by atoms with van der Waals surface area (Å²) < 4.78 is 28.7. The van der Waals surface area contributed by atoms with Crippen LogP contribution in [0.5, 0.6) is 0 Å². The van der Waals surface area contributed by atoms with Gasteiger partial charge in [-0.2, -0.15) is 0 Å². The fraction of sp³-hybridized carbons (Fsp3) is 0.263. The van der Waals surface area contributed by atoms with Crippen LogP contribution in [0.2, 0.25) is 5.02 Å². The van der Waals surface area contributed by atoms with Crippen LogP contribution in [0.3, 0.4) is 0 Å². The summed E-state index contributed by atoms with van der Waals surface area (Å²) in [4.78, 5) is 17.6. The average molecular weight is 378 g/mol. The number of halogens is 3. The van der Waals surface area contributed by atoms with Crippen molar-refractivity contribution in [2.75, 3.05) is 6.54 Å². The molecule has 0 fully saturated rings. The Kier molecular flexibility index (Phi) is 5.34. The van der Waals surface area contributed by atoms with E-state index in [1.54, 1.807) is 18.2 Å². The minimum absolute atomic E-state index is 0.0803. The molecular weight excluding hydrogens is 360 g/mol. The van der Waals surface area contributed by atoms with Crippen LogP contribution in [0.25, 0.3) is 16.6 Å². The van der Waals surface area contributed by atoms with E-state index in [4.69, 9.17) is 17.3 Å². The van der Waals surface area contributed by atoms with Gasteiger partial charge < -0.3 is 5.73 Å². The molecule has 0 aliphatic carbocycles. The number of fused-ring (bicyclic) bond motifs is 1. The lowest BCUT2D eigenvalue weighted by Gasteiger charge is -2.17. The molecule has 3 aromatic rings. The Bertz CT molecular complexity index is 999. The molecule has 1 heterocycles. The molecule has 2 N–H and O–H groups in total. The fourth-order valence-electron chi connectivity index (χ4n) is 3.01. The smallest absolute Gasteiger partial charge is 0.267 e. The third-order valence-corrected chi connectivity index (χ3v) is 4.53. The van der Waals surface area contributed by atoms with Crippen LogP contribution in [0.4, 0.5) is 8.78 Å². The molecule has 26 heavy (non-hydrogen) atoms. The van der Waals surface area contributed by atoms with Crippen molar-refractivity contribution in [3.63, 3.8) is 0 Å². The van der Waals surface area contributed by atoms with Gasteiger partial charge in [-0.05, 0) is 43.1 Å². The zero-order chi connectivity index (χ0) is 18.8. The highest BCUT2D eigenvalue weighted by Crippen LogP contribution is 2.22. The van der Waals surface area contributed by atoms with Gasteiger partial charge in [-0.3, -0.25) is 9.36 Å². The topological polar surface area (TPSA) is 60.9 Å². The lowest BCUT2D eigenvalue weighted by atomic mass is 10.0. The first-order valence-electron chi connectivity index (χ1n) is 8.27. The lowest BCUT2D eigenvalue weighted by Crippen LogP contribution is -2.26. The Morgan fingerprint density at radius 3 is 2.58 bits per heavy atom. The molecule has 0 amide bonds. The molecule has 0 radical (unpaired) electrons. The highest BCUT2D eigenvalue weighted by Gasteiger charge is 2.17. The molecule has 1 atom stereocenters. The van der Waals surface area contributed by atoms with E-state index in [1.807, 2.05) is 6.92 Å². The van der Waals surface area contributed by atoms with E-state index in [-0.39, 0.29) is 22.0 Å². The highest BCUT2D eigenvalue weighted by molar-refractivity contribution is 6.35. The lowest BCUT2D eigenvalue weighted by molar-refractivity contribution is 0.516. The van der Waals surface area contributed by atoms with Crippen molar-refractivity contribution in [2.45, 2.75) is 19.8 Å². The van der Waals surface area contributed by atoms with E-state index in [0.29, 0.717) is 24.3 Å². The molecule has 136 valence electrons. The third-order valence-electron chi connectivity index (χ3n) is 4.21. The van der Waals surface area contributed by atoms with Crippen molar-refractivity contribution in [1.82, 2.24) is 9.55 Å². The molecule has 4 nitrogen and oxygen atoms in total. The Balaban J connectivity index is 2.31. The van der Waals surface area contributed by atoms with Gasteiger partial charge in [0.1, 0.15) is 17.5 Å². The van der Waals surface area contributed by atoms with E-state index in [9.17, 15) is 13.6 Å². The minimum Gasteiger partial charge on any atom is -0.330 e. The molecule has 1 unspecified atom stereocenters. The molecule has 0 spiro atoms. The first kappa shape index (κ1) is 18.5. The molecule has 0 saturated carbocycles. The maximum absolute atomic E-state index is 13.7. The molecule has 2 aromatic carbocycles. The van der Waals surface area contributed by atoms with Crippen LogP contribution in [-0.4, -0.2) is 16.1 Å². The first-order chi connectivity index (χ1) is 12.4. The summed E-state index contributed by atoms with van der Waals surface area (Å²) in [7, 11) is 0. The van der Waals surface area contributed by atoms with Gasteiger partial charge in [-0.25, -0.2) is 13.8 Å². The van der Waals surface area contributed by atoms with Gasteiger partial charge in [-0.1, -0.05) is 24.6 Å². The second-order valence-corrected chi connectivity index (χ2v) is 6.72. The Hall–Kier alpha value is -2.31. The normalized spacial score (nSPS) is 12.5. The van der Waals surface area contributed by atoms with Crippen LogP contribution >= 0.6 is 11.6 Å². The molecule has 0 saturated heterocycles. The van der Waals surface area contributed by atoms with Gasteiger partial charge in [0.15, 0.2) is 0 Å². The number of hydrogen-bond acceptors (Lipinski definition) is 3. The van der Waals surface area contributed by atoms with Gasteiger partial charge in [0.05, 0.1) is 21.6 Å². The maximum Gasteiger partial charge on any atom is 0.267 e. The Morgan fingerprint density at radius 1 is 1.23 bits per heavy atom. The van der Waals surface area contributed by atoms with Gasteiger partial charge in [0.25, 0.3) is 5.56 Å². The summed E-state index contributed by atoms with van der Waals surface area (Å²) in [5.74, 6) is -0.983. The Labute approximate surface area is 154 Å². The molecular formula is C19H18ClF2N3O. The van der Waals surface area contributed by atoms with Crippen molar-refractivity contribution in [3.05, 3.63) is 69.2 Å². The van der Waals surface area contributed by atoms with E-state index in [1.165, 1.54) is 4.57 Å². The van der Waals surface area contributed by atoms with Gasteiger partial charge in [-0.15, -0.1) is 0 Å². The van der Waals surface area contributed by atoms with Crippen molar-refractivity contribution in [2.24, 2.45) is 11.7 Å². The van der Waals surface area contributed by atoms with Crippen LogP contribution in [0.1, 0.15) is 19.2 Å². The third kappa shape index (κ3) is 3.61. The second-order valence-electron chi connectivity index (χ2n) is 6.32. The summed E-state index contributed by atoms with van der Waals surface area (Å²) in [6.45, 7) is 2.48. The van der Waals surface area contributed by atoms with Crippen molar-refractivity contribution in [1.29, 1.82) is 0 Å². The molecule has 1 aromatic heterocycles. The van der Waals surface area contributed by atoms with Crippen LogP contribution in [-0.2, 0) is 6.42 Å².